The van der Waals surface area contributed by atoms with Crippen LogP contribution in [-0.2, 0) is 6.54 Å². The Balaban J connectivity index is 2.13. The van der Waals surface area contributed by atoms with Gasteiger partial charge in [0.2, 0.25) is 0 Å². The van der Waals surface area contributed by atoms with E-state index in [0.29, 0.717) is 22.2 Å². The standard InChI is InChI=1S/C15H13ClFN5O/c16-12-5-9(17)2-1-8(12)7-22-13-6-10(18)3-4-11(13)14(21-22)15(23)20-19/h1-6H,7,18-19H2,(H,20,23). The average molecular weight is 334 g/mol. The van der Waals surface area contributed by atoms with E-state index in [-0.39, 0.29) is 17.3 Å². The number of amides is 1. The second-order valence-electron chi connectivity index (χ2n) is 4.99. The molecule has 0 spiro atoms. The lowest BCUT2D eigenvalue weighted by atomic mass is 10.1. The zero-order valence-electron chi connectivity index (χ0n) is 11.9. The summed E-state index contributed by atoms with van der Waals surface area (Å²) < 4.78 is 14.7. The Bertz CT molecular complexity index is 908. The van der Waals surface area contributed by atoms with Crippen LogP contribution in [0.3, 0.4) is 0 Å². The molecule has 0 aliphatic rings. The molecule has 0 radical (unpaired) electrons. The minimum atomic E-state index is -0.510. The average Bonchev–Trinajstić information content (AvgIpc) is 2.87. The second kappa shape index (κ2) is 5.86. The first-order valence-corrected chi connectivity index (χ1v) is 7.08. The topological polar surface area (TPSA) is 99.0 Å². The van der Waals surface area contributed by atoms with Crippen molar-refractivity contribution in [1.29, 1.82) is 0 Å². The molecule has 0 bridgehead atoms. The van der Waals surface area contributed by atoms with Crippen molar-refractivity contribution in [2.24, 2.45) is 5.84 Å². The Morgan fingerprint density at radius 3 is 2.78 bits per heavy atom. The highest BCUT2D eigenvalue weighted by Gasteiger charge is 2.17. The second-order valence-corrected chi connectivity index (χ2v) is 5.40. The van der Waals surface area contributed by atoms with Gasteiger partial charge >= 0.3 is 0 Å². The molecule has 0 aliphatic heterocycles. The molecule has 118 valence electrons. The van der Waals surface area contributed by atoms with Gasteiger partial charge in [0.05, 0.1) is 12.1 Å². The smallest absolute Gasteiger partial charge is 0.286 e. The zero-order chi connectivity index (χ0) is 16.6. The molecule has 6 nitrogen and oxygen atoms in total. The maximum Gasteiger partial charge on any atom is 0.286 e. The quantitative estimate of drug-likeness (QED) is 0.296. The summed E-state index contributed by atoms with van der Waals surface area (Å²) in [6, 6.07) is 9.18. The molecule has 1 aromatic heterocycles. The zero-order valence-corrected chi connectivity index (χ0v) is 12.6. The van der Waals surface area contributed by atoms with Crippen LogP contribution in [0.5, 0.6) is 0 Å². The predicted octanol–water partition coefficient (Wildman–Crippen LogP) is 2.06. The fourth-order valence-electron chi connectivity index (χ4n) is 2.36. The van der Waals surface area contributed by atoms with Crippen molar-refractivity contribution in [3.05, 3.63) is 58.5 Å². The highest BCUT2D eigenvalue weighted by Crippen LogP contribution is 2.24. The first-order valence-electron chi connectivity index (χ1n) is 6.70. The molecule has 0 atom stereocenters. The number of nitrogen functional groups attached to an aromatic ring is 2. The van der Waals surface area contributed by atoms with Crippen molar-refractivity contribution in [3.63, 3.8) is 0 Å². The molecule has 0 fully saturated rings. The lowest BCUT2D eigenvalue weighted by molar-refractivity contribution is 0.0949. The van der Waals surface area contributed by atoms with E-state index in [0.717, 1.165) is 0 Å². The molecule has 0 unspecified atom stereocenters. The maximum atomic E-state index is 13.2. The van der Waals surface area contributed by atoms with Gasteiger partial charge in [-0.25, -0.2) is 10.2 Å². The van der Waals surface area contributed by atoms with Gasteiger partial charge in [-0.05, 0) is 35.9 Å². The molecule has 5 N–H and O–H groups in total. The van der Waals surface area contributed by atoms with Crippen LogP contribution in [0.1, 0.15) is 16.1 Å². The van der Waals surface area contributed by atoms with Crippen molar-refractivity contribution in [2.75, 3.05) is 5.73 Å². The Morgan fingerprint density at radius 1 is 1.30 bits per heavy atom. The lowest BCUT2D eigenvalue weighted by Gasteiger charge is -2.06. The third-order valence-corrected chi connectivity index (χ3v) is 3.81. The van der Waals surface area contributed by atoms with Crippen LogP contribution in [0.2, 0.25) is 5.02 Å². The van der Waals surface area contributed by atoms with Gasteiger partial charge in [-0.3, -0.25) is 14.9 Å². The van der Waals surface area contributed by atoms with E-state index in [2.05, 4.69) is 10.5 Å². The Morgan fingerprint density at radius 2 is 2.09 bits per heavy atom. The van der Waals surface area contributed by atoms with Crippen LogP contribution in [0.4, 0.5) is 10.1 Å². The van der Waals surface area contributed by atoms with Gasteiger partial charge in [-0.2, -0.15) is 5.10 Å². The Labute approximate surface area is 135 Å². The number of aromatic nitrogens is 2. The van der Waals surface area contributed by atoms with Gasteiger partial charge in [0.25, 0.3) is 5.91 Å². The number of hydrogen-bond acceptors (Lipinski definition) is 4. The largest absolute Gasteiger partial charge is 0.399 e. The minimum Gasteiger partial charge on any atom is -0.399 e. The molecule has 0 saturated carbocycles. The summed E-state index contributed by atoms with van der Waals surface area (Å²) in [5.41, 5.74) is 9.91. The van der Waals surface area contributed by atoms with Crippen molar-refractivity contribution in [1.82, 2.24) is 15.2 Å². The molecule has 2 aromatic carbocycles. The van der Waals surface area contributed by atoms with E-state index in [1.165, 1.54) is 12.1 Å². The number of nitrogens with one attached hydrogen (secondary N) is 1. The maximum absolute atomic E-state index is 13.2. The number of nitrogens with zero attached hydrogens (tertiary/aromatic N) is 2. The molecule has 23 heavy (non-hydrogen) atoms. The third kappa shape index (κ3) is 2.84. The summed E-state index contributed by atoms with van der Waals surface area (Å²) in [4.78, 5) is 11.9. The summed E-state index contributed by atoms with van der Waals surface area (Å²) in [5, 5.41) is 5.17. The summed E-state index contributed by atoms with van der Waals surface area (Å²) in [6.07, 6.45) is 0. The summed E-state index contributed by atoms with van der Waals surface area (Å²) in [5.74, 6) is 4.26. The number of halogens is 2. The van der Waals surface area contributed by atoms with E-state index in [4.69, 9.17) is 23.2 Å². The van der Waals surface area contributed by atoms with E-state index >= 15 is 0 Å². The normalized spacial score (nSPS) is 10.9. The van der Waals surface area contributed by atoms with Gasteiger partial charge in [-0.1, -0.05) is 17.7 Å². The third-order valence-electron chi connectivity index (χ3n) is 3.46. The van der Waals surface area contributed by atoms with Crippen molar-refractivity contribution < 1.29 is 9.18 Å². The number of rotatable bonds is 3. The van der Waals surface area contributed by atoms with Gasteiger partial charge in [-0.15, -0.1) is 0 Å². The van der Waals surface area contributed by atoms with E-state index in [9.17, 15) is 9.18 Å². The van der Waals surface area contributed by atoms with Gasteiger partial charge in [0.15, 0.2) is 5.69 Å². The van der Waals surface area contributed by atoms with Crippen molar-refractivity contribution >= 4 is 34.1 Å². The fraction of sp³-hybridized carbons (Fsp3) is 0.0667. The van der Waals surface area contributed by atoms with Crippen LogP contribution in [0.25, 0.3) is 10.9 Å². The van der Waals surface area contributed by atoms with Crippen LogP contribution >= 0.6 is 11.6 Å². The first kappa shape index (κ1) is 15.3. The first-order chi connectivity index (χ1) is 11.0. The molecule has 0 aliphatic carbocycles. The lowest BCUT2D eigenvalue weighted by Crippen LogP contribution is -2.30. The fourth-order valence-corrected chi connectivity index (χ4v) is 2.59. The molecule has 3 rings (SSSR count). The number of benzene rings is 2. The number of carbonyl (C=O) groups is 1. The monoisotopic (exact) mass is 333 g/mol. The van der Waals surface area contributed by atoms with Crippen LogP contribution in [-0.4, -0.2) is 15.7 Å². The predicted molar refractivity (Wildman–Crippen MR) is 86.3 cm³/mol. The molecular formula is C15H13ClFN5O. The van der Waals surface area contributed by atoms with E-state index in [1.54, 1.807) is 28.9 Å². The van der Waals surface area contributed by atoms with Gasteiger partial charge in [0, 0.05) is 16.1 Å². The van der Waals surface area contributed by atoms with Crippen molar-refractivity contribution in [3.8, 4) is 0 Å². The summed E-state index contributed by atoms with van der Waals surface area (Å²) >= 11 is 6.05. The number of nitrogens with two attached hydrogens (primary N) is 2. The number of hydrazine groups is 1. The Kier molecular flexibility index (Phi) is 3.89. The van der Waals surface area contributed by atoms with Crippen LogP contribution < -0.4 is 17.0 Å². The van der Waals surface area contributed by atoms with Crippen LogP contribution in [0, 0.1) is 5.82 Å². The number of anilines is 1. The summed E-state index contributed by atoms with van der Waals surface area (Å²) in [7, 11) is 0. The SMILES string of the molecule is NNC(=O)c1nn(Cc2ccc(F)cc2Cl)c2cc(N)ccc12. The van der Waals surface area contributed by atoms with Gasteiger partial charge < -0.3 is 5.73 Å². The van der Waals surface area contributed by atoms with E-state index in [1.807, 2.05) is 0 Å². The Hall–Kier alpha value is -2.64. The molecule has 1 amide bonds. The van der Waals surface area contributed by atoms with Crippen LogP contribution in [0.15, 0.2) is 36.4 Å². The number of hydrogen-bond donors (Lipinski definition) is 3. The molecule has 0 saturated heterocycles. The highest BCUT2D eigenvalue weighted by molar-refractivity contribution is 6.31. The van der Waals surface area contributed by atoms with Gasteiger partial charge in [0.1, 0.15) is 5.82 Å². The molecular weight excluding hydrogens is 321 g/mol. The van der Waals surface area contributed by atoms with Crippen molar-refractivity contribution in [2.45, 2.75) is 6.54 Å². The van der Waals surface area contributed by atoms with E-state index < -0.39 is 11.7 Å². The molecule has 8 heteroatoms. The minimum absolute atomic E-state index is 0.181. The summed E-state index contributed by atoms with van der Waals surface area (Å²) in [6.45, 7) is 0.261. The molecule has 3 aromatic rings. The number of carbonyl (C=O) groups excluding carboxylic acids is 1. The number of fused-ring (bicyclic) bond motifs is 1. The molecule has 1 heterocycles. The highest BCUT2D eigenvalue weighted by atomic mass is 35.5.